The number of hydrogen-bond donors (Lipinski definition) is 2. The number of rotatable bonds is 7. The normalized spacial score (nSPS) is 27.3. The van der Waals surface area contributed by atoms with Gasteiger partial charge < -0.3 is 20.4 Å². The van der Waals surface area contributed by atoms with Gasteiger partial charge in [0, 0.05) is 31.7 Å². The summed E-state index contributed by atoms with van der Waals surface area (Å²) in [6, 6.07) is 1.39. The zero-order chi connectivity index (χ0) is 16.5. The van der Waals surface area contributed by atoms with Crippen LogP contribution >= 0.6 is 0 Å². The predicted octanol–water partition coefficient (Wildman–Crippen LogP) is 1.90. The molecule has 0 spiro atoms. The maximum Gasteiger partial charge on any atom is 0.191 e. The zero-order valence-corrected chi connectivity index (χ0v) is 15.5. The Morgan fingerprint density at radius 3 is 2.70 bits per heavy atom. The molecule has 5 nitrogen and oxygen atoms in total. The zero-order valence-electron chi connectivity index (χ0n) is 15.5. The van der Waals surface area contributed by atoms with Crippen LogP contribution in [0.5, 0.6) is 0 Å². The maximum atomic E-state index is 4.78. The van der Waals surface area contributed by atoms with Gasteiger partial charge in [-0.05, 0) is 66.1 Å². The highest BCUT2D eigenvalue weighted by atomic mass is 15.2. The van der Waals surface area contributed by atoms with Gasteiger partial charge in [0.25, 0.3) is 0 Å². The van der Waals surface area contributed by atoms with Gasteiger partial charge in [0.1, 0.15) is 0 Å². The number of nitrogens with one attached hydrogen (secondary N) is 2. The van der Waals surface area contributed by atoms with Crippen LogP contribution in [0.3, 0.4) is 0 Å². The van der Waals surface area contributed by atoms with Crippen LogP contribution in [0, 0.1) is 0 Å². The summed E-state index contributed by atoms with van der Waals surface area (Å²) < 4.78 is 0. The molecule has 134 valence electrons. The van der Waals surface area contributed by atoms with Crippen LogP contribution in [0.15, 0.2) is 4.99 Å². The first-order chi connectivity index (χ1) is 11.2. The minimum atomic E-state index is 0.625. The summed E-state index contributed by atoms with van der Waals surface area (Å²) in [5.41, 5.74) is 0. The van der Waals surface area contributed by atoms with Crippen LogP contribution in [0.1, 0.15) is 52.4 Å². The molecule has 2 fully saturated rings. The van der Waals surface area contributed by atoms with Crippen molar-refractivity contribution in [2.24, 2.45) is 4.99 Å². The molecule has 2 saturated heterocycles. The molecule has 2 unspecified atom stereocenters. The van der Waals surface area contributed by atoms with Gasteiger partial charge in [-0.3, -0.25) is 4.99 Å². The van der Waals surface area contributed by atoms with E-state index in [0.29, 0.717) is 6.04 Å². The van der Waals surface area contributed by atoms with Gasteiger partial charge in [-0.1, -0.05) is 6.42 Å². The van der Waals surface area contributed by atoms with Gasteiger partial charge in [0.05, 0.1) is 6.54 Å². The van der Waals surface area contributed by atoms with Gasteiger partial charge in [0.15, 0.2) is 5.96 Å². The van der Waals surface area contributed by atoms with Crippen LogP contribution in [0.2, 0.25) is 0 Å². The van der Waals surface area contributed by atoms with Crippen LogP contribution < -0.4 is 10.6 Å². The van der Waals surface area contributed by atoms with E-state index in [9.17, 15) is 0 Å². The molecule has 0 radical (unpaired) electrons. The smallest absolute Gasteiger partial charge is 0.191 e. The molecule has 23 heavy (non-hydrogen) atoms. The van der Waals surface area contributed by atoms with Crippen molar-refractivity contribution in [1.29, 1.82) is 0 Å². The third-order valence-corrected chi connectivity index (χ3v) is 5.33. The molecule has 2 rings (SSSR count). The molecule has 2 atom stereocenters. The SMILES string of the molecule is CCNC(=NCC1CCCN1C)NCCCN1CCCCC1C. The van der Waals surface area contributed by atoms with Crippen molar-refractivity contribution in [2.75, 3.05) is 46.3 Å². The molecule has 0 aromatic carbocycles. The lowest BCUT2D eigenvalue weighted by Gasteiger charge is -2.33. The Hall–Kier alpha value is -0.810. The molecule has 2 aliphatic rings. The largest absolute Gasteiger partial charge is 0.357 e. The Kier molecular flexibility index (Phi) is 8.17. The number of likely N-dealkylation sites (tertiary alicyclic amines) is 2. The molecule has 0 aromatic rings. The molecular formula is C18H37N5. The molecule has 2 heterocycles. The number of piperidine rings is 1. The van der Waals surface area contributed by atoms with Crippen molar-refractivity contribution < 1.29 is 0 Å². The third-order valence-electron chi connectivity index (χ3n) is 5.33. The lowest BCUT2D eigenvalue weighted by atomic mass is 10.0. The van der Waals surface area contributed by atoms with Crippen LogP contribution in [-0.4, -0.2) is 74.2 Å². The summed E-state index contributed by atoms with van der Waals surface area (Å²) >= 11 is 0. The number of nitrogens with zero attached hydrogens (tertiary/aromatic N) is 3. The molecule has 0 aromatic heterocycles. The van der Waals surface area contributed by atoms with Crippen molar-refractivity contribution >= 4 is 5.96 Å². The third kappa shape index (κ3) is 6.30. The molecule has 2 N–H and O–H groups in total. The lowest BCUT2D eigenvalue weighted by molar-refractivity contribution is 0.159. The summed E-state index contributed by atoms with van der Waals surface area (Å²) in [6.45, 7) is 11.1. The van der Waals surface area contributed by atoms with Crippen LogP contribution in [0.25, 0.3) is 0 Å². The van der Waals surface area contributed by atoms with E-state index in [1.807, 2.05) is 0 Å². The highest BCUT2D eigenvalue weighted by Gasteiger charge is 2.20. The first-order valence-corrected chi connectivity index (χ1v) is 9.67. The topological polar surface area (TPSA) is 42.9 Å². The van der Waals surface area contributed by atoms with Gasteiger partial charge in [-0.25, -0.2) is 0 Å². The molecule has 0 bridgehead atoms. The molecule has 0 saturated carbocycles. The quantitative estimate of drug-likeness (QED) is 0.427. The van der Waals surface area contributed by atoms with E-state index in [1.54, 1.807) is 0 Å². The summed E-state index contributed by atoms with van der Waals surface area (Å²) in [6.07, 6.45) is 7.94. The van der Waals surface area contributed by atoms with E-state index in [-0.39, 0.29) is 0 Å². The first-order valence-electron chi connectivity index (χ1n) is 9.67. The Morgan fingerprint density at radius 1 is 1.13 bits per heavy atom. The van der Waals surface area contributed by atoms with E-state index in [4.69, 9.17) is 4.99 Å². The fourth-order valence-corrected chi connectivity index (χ4v) is 3.73. The minimum absolute atomic E-state index is 0.625. The maximum absolute atomic E-state index is 4.78. The second kappa shape index (κ2) is 10.1. The molecular weight excluding hydrogens is 286 g/mol. The lowest BCUT2D eigenvalue weighted by Crippen LogP contribution is -2.42. The van der Waals surface area contributed by atoms with Gasteiger partial charge >= 0.3 is 0 Å². The second-order valence-corrected chi connectivity index (χ2v) is 7.16. The van der Waals surface area contributed by atoms with Crippen molar-refractivity contribution in [3.8, 4) is 0 Å². The predicted molar refractivity (Wildman–Crippen MR) is 99.1 cm³/mol. The van der Waals surface area contributed by atoms with Crippen molar-refractivity contribution in [3.05, 3.63) is 0 Å². The average Bonchev–Trinajstić information content (AvgIpc) is 2.96. The van der Waals surface area contributed by atoms with Crippen molar-refractivity contribution in [2.45, 2.75) is 64.5 Å². The van der Waals surface area contributed by atoms with E-state index in [1.165, 1.54) is 58.2 Å². The van der Waals surface area contributed by atoms with E-state index < -0.39 is 0 Å². The van der Waals surface area contributed by atoms with E-state index in [0.717, 1.165) is 31.6 Å². The fourth-order valence-electron chi connectivity index (χ4n) is 3.73. The van der Waals surface area contributed by atoms with E-state index >= 15 is 0 Å². The molecule has 0 aliphatic carbocycles. The van der Waals surface area contributed by atoms with Gasteiger partial charge in [-0.15, -0.1) is 0 Å². The Morgan fingerprint density at radius 2 is 2.00 bits per heavy atom. The van der Waals surface area contributed by atoms with Crippen molar-refractivity contribution in [1.82, 2.24) is 20.4 Å². The van der Waals surface area contributed by atoms with Crippen LogP contribution in [-0.2, 0) is 0 Å². The van der Waals surface area contributed by atoms with Crippen molar-refractivity contribution in [3.63, 3.8) is 0 Å². The summed E-state index contributed by atoms with van der Waals surface area (Å²) in [4.78, 5) is 9.86. The minimum Gasteiger partial charge on any atom is -0.357 e. The standard InChI is InChI=1S/C18H37N5/c1-4-19-18(21-15-17-10-7-12-22(17)3)20-11-8-14-23-13-6-5-9-16(23)2/h16-17H,4-15H2,1-3H3,(H2,19,20,21). The Labute approximate surface area is 142 Å². The Balaban J connectivity index is 1.67. The number of hydrogen-bond acceptors (Lipinski definition) is 3. The molecule has 2 aliphatic heterocycles. The highest BCUT2D eigenvalue weighted by molar-refractivity contribution is 5.79. The second-order valence-electron chi connectivity index (χ2n) is 7.16. The molecule has 5 heteroatoms. The summed E-state index contributed by atoms with van der Waals surface area (Å²) in [5.74, 6) is 0.986. The highest BCUT2D eigenvalue weighted by Crippen LogP contribution is 2.16. The average molecular weight is 324 g/mol. The van der Waals surface area contributed by atoms with E-state index in [2.05, 4.69) is 41.3 Å². The van der Waals surface area contributed by atoms with Crippen LogP contribution in [0.4, 0.5) is 0 Å². The Bertz CT molecular complexity index is 357. The summed E-state index contributed by atoms with van der Waals surface area (Å²) in [5, 5.41) is 6.88. The molecule has 0 amide bonds. The van der Waals surface area contributed by atoms with Gasteiger partial charge in [-0.2, -0.15) is 0 Å². The monoisotopic (exact) mass is 323 g/mol. The summed E-state index contributed by atoms with van der Waals surface area (Å²) in [7, 11) is 2.22. The number of likely N-dealkylation sites (N-methyl/N-ethyl adjacent to an activating group) is 1. The number of aliphatic imine (C=N–C) groups is 1. The van der Waals surface area contributed by atoms with Gasteiger partial charge in [0.2, 0.25) is 0 Å². The number of guanidine groups is 1. The first kappa shape index (κ1) is 18.5. The fraction of sp³-hybridized carbons (Fsp3) is 0.944.